The minimum Gasteiger partial charge on any atom is -0.310 e. The Balaban J connectivity index is 1.90. The van der Waals surface area contributed by atoms with E-state index >= 15 is 0 Å². The maximum atomic E-state index is 11.0. The molecule has 0 heterocycles. The zero-order valence-corrected chi connectivity index (χ0v) is 13.0. The standard InChI is InChI=1S/C17H26N2O2/c1-13(2)14-7-5-8-16(11-10-14)18-12-15-6-3-4-9-17(15)19(20)21/h3-4,6,9,13-14,16,18H,5,7-8,10-12H2,1-2H3. The number of hydrogen-bond acceptors (Lipinski definition) is 3. The van der Waals surface area contributed by atoms with Crippen molar-refractivity contribution in [2.45, 2.75) is 58.5 Å². The predicted molar refractivity (Wildman–Crippen MR) is 85.1 cm³/mol. The van der Waals surface area contributed by atoms with Crippen LogP contribution in [-0.2, 0) is 6.54 Å². The van der Waals surface area contributed by atoms with Crippen LogP contribution >= 0.6 is 0 Å². The molecule has 1 saturated carbocycles. The predicted octanol–water partition coefficient (Wildman–Crippen LogP) is 4.29. The number of hydrogen-bond donors (Lipinski definition) is 1. The Hall–Kier alpha value is -1.42. The van der Waals surface area contributed by atoms with E-state index in [2.05, 4.69) is 19.2 Å². The first-order valence-corrected chi connectivity index (χ1v) is 8.03. The smallest absolute Gasteiger partial charge is 0.273 e. The van der Waals surface area contributed by atoms with Gasteiger partial charge in [-0.05, 0) is 31.1 Å². The number of nitro groups is 1. The lowest BCUT2D eigenvalue weighted by Crippen LogP contribution is -2.28. The van der Waals surface area contributed by atoms with E-state index in [1.807, 2.05) is 12.1 Å². The number of nitrogens with zero attached hydrogens (tertiary/aromatic N) is 1. The molecule has 2 atom stereocenters. The van der Waals surface area contributed by atoms with Gasteiger partial charge in [-0.3, -0.25) is 10.1 Å². The highest BCUT2D eigenvalue weighted by atomic mass is 16.6. The highest BCUT2D eigenvalue weighted by Gasteiger charge is 2.21. The maximum Gasteiger partial charge on any atom is 0.273 e. The van der Waals surface area contributed by atoms with Crippen molar-refractivity contribution in [3.63, 3.8) is 0 Å². The van der Waals surface area contributed by atoms with E-state index in [9.17, 15) is 10.1 Å². The molecule has 0 amide bonds. The fourth-order valence-corrected chi connectivity index (χ4v) is 3.29. The number of rotatable bonds is 5. The topological polar surface area (TPSA) is 55.2 Å². The highest BCUT2D eigenvalue weighted by molar-refractivity contribution is 5.39. The highest BCUT2D eigenvalue weighted by Crippen LogP contribution is 2.29. The van der Waals surface area contributed by atoms with Crippen molar-refractivity contribution in [2.24, 2.45) is 11.8 Å². The van der Waals surface area contributed by atoms with Crippen molar-refractivity contribution in [1.29, 1.82) is 0 Å². The molecule has 0 spiro atoms. The van der Waals surface area contributed by atoms with Gasteiger partial charge in [0.05, 0.1) is 4.92 Å². The zero-order chi connectivity index (χ0) is 15.2. The number of benzene rings is 1. The lowest BCUT2D eigenvalue weighted by Gasteiger charge is -2.19. The maximum absolute atomic E-state index is 11.0. The molecule has 1 fully saturated rings. The van der Waals surface area contributed by atoms with Crippen LogP contribution in [0.15, 0.2) is 24.3 Å². The Morgan fingerprint density at radius 2 is 2.00 bits per heavy atom. The van der Waals surface area contributed by atoms with Crippen LogP contribution in [0.1, 0.15) is 51.5 Å². The fourth-order valence-electron chi connectivity index (χ4n) is 3.29. The molecule has 0 aliphatic heterocycles. The van der Waals surface area contributed by atoms with E-state index in [1.165, 1.54) is 32.1 Å². The van der Waals surface area contributed by atoms with Crippen LogP contribution in [0.3, 0.4) is 0 Å². The summed E-state index contributed by atoms with van der Waals surface area (Å²) in [5.41, 5.74) is 1.01. The van der Waals surface area contributed by atoms with Crippen LogP contribution in [0.5, 0.6) is 0 Å². The van der Waals surface area contributed by atoms with E-state index in [-0.39, 0.29) is 10.6 Å². The summed E-state index contributed by atoms with van der Waals surface area (Å²) in [5.74, 6) is 1.60. The van der Waals surface area contributed by atoms with Crippen LogP contribution in [0.4, 0.5) is 5.69 Å². The van der Waals surface area contributed by atoms with Gasteiger partial charge in [-0.15, -0.1) is 0 Å². The summed E-state index contributed by atoms with van der Waals surface area (Å²) in [6.07, 6.45) is 6.22. The molecular formula is C17H26N2O2. The van der Waals surface area contributed by atoms with Gasteiger partial charge in [-0.2, -0.15) is 0 Å². The normalized spacial score (nSPS) is 23.0. The Kier molecular flexibility index (Phi) is 5.74. The molecule has 21 heavy (non-hydrogen) atoms. The van der Waals surface area contributed by atoms with Crippen molar-refractivity contribution in [1.82, 2.24) is 5.32 Å². The minimum atomic E-state index is -0.293. The summed E-state index contributed by atoms with van der Waals surface area (Å²) in [7, 11) is 0. The molecule has 116 valence electrons. The summed E-state index contributed by atoms with van der Waals surface area (Å²) >= 11 is 0. The van der Waals surface area contributed by atoms with E-state index in [0.29, 0.717) is 12.6 Å². The van der Waals surface area contributed by atoms with Crippen LogP contribution in [0.25, 0.3) is 0 Å². The largest absolute Gasteiger partial charge is 0.310 e. The Morgan fingerprint density at radius 3 is 2.71 bits per heavy atom. The number of para-hydroxylation sites is 1. The molecule has 1 aliphatic rings. The molecule has 0 bridgehead atoms. The third-order valence-corrected chi connectivity index (χ3v) is 4.73. The summed E-state index contributed by atoms with van der Waals surface area (Å²) in [5, 5.41) is 14.6. The van der Waals surface area contributed by atoms with Crippen LogP contribution < -0.4 is 5.32 Å². The van der Waals surface area contributed by atoms with Crippen LogP contribution in [0.2, 0.25) is 0 Å². The lowest BCUT2D eigenvalue weighted by atomic mass is 9.89. The second-order valence-corrected chi connectivity index (χ2v) is 6.48. The van der Waals surface area contributed by atoms with Gasteiger partial charge in [0.1, 0.15) is 0 Å². The van der Waals surface area contributed by atoms with Gasteiger partial charge >= 0.3 is 0 Å². The molecule has 0 aromatic heterocycles. The van der Waals surface area contributed by atoms with Crippen LogP contribution in [-0.4, -0.2) is 11.0 Å². The first-order chi connectivity index (χ1) is 10.1. The van der Waals surface area contributed by atoms with Gasteiger partial charge in [0.2, 0.25) is 0 Å². The number of nitro benzene ring substituents is 1. The second-order valence-electron chi connectivity index (χ2n) is 6.48. The minimum absolute atomic E-state index is 0.221. The van der Waals surface area contributed by atoms with Gasteiger partial charge in [0.25, 0.3) is 5.69 Å². The first kappa shape index (κ1) is 16.0. The van der Waals surface area contributed by atoms with Crippen molar-refractivity contribution < 1.29 is 4.92 Å². The van der Waals surface area contributed by atoms with Gasteiger partial charge in [0.15, 0.2) is 0 Å². The average molecular weight is 290 g/mol. The monoisotopic (exact) mass is 290 g/mol. The van der Waals surface area contributed by atoms with E-state index in [1.54, 1.807) is 12.1 Å². The van der Waals surface area contributed by atoms with E-state index in [4.69, 9.17) is 0 Å². The molecule has 2 unspecified atom stereocenters. The quantitative estimate of drug-likeness (QED) is 0.500. The number of nitrogens with one attached hydrogen (secondary N) is 1. The third-order valence-electron chi connectivity index (χ3n) is 4.73. The zero-order valence-electron chi connectivity index (χ0n) is 13.0. The molecule has 4 heteroatoms. The van der Waals surface area contributed by atoms with E-state index in [0.717, 1.165) is 17.4 Å². The third kappa shape index (κ3) is 4.53. The Bertz CT molecular complexity index is 474. The van der Waals surface area contributed by atoms with Crippen molar-refractivity contribution in [3.8, 4) is 0 Å². The van der Waals surface area contributed by atoms with Gasteiger partial charge < -0.3 is 5.32 Å². The molecule has 1 N–H and O–H groups in total. The van der Waals surface area contributed by atoms with Crippen molar-refractivity contribution >= 4 is 5.69 Å². The summed E-state index contributed by atoms with van der Waals surface area (Å²) < 4.78 is 0. The Labute approximate surface area is 127 Å². The van der Waals surface area contributed by atoms with Crippen molar-refractivity contribution in [3.05, 3.63) is 39.9 Å². The molecule has 1 aromatic rings. The summed E-state index contributed by atoms with van der Waals surface area (Å²) in [4.78, 5) is 10.7. The first-order valence-electron chi connectivity index (χ1n) is 8.03. The molecule has 4 nitrogen and oxygen atoms in total. The average Bonchev–Trinajstić information content (AvgIpc) is 2.71. The lowest BCUT2D eigenvalue weighted by molar-refractivity contribution is -0.385. The SMILES string of the molecule is CC(C)C1CCCC(NCc2ccccc2[N+](=O)[O-])CC1. The Morgan fingerprint density at radius 1 is 1.24 bits per heavy atom. The summed E-state index contributed by atoms with van der Waals surface area (Å²) in [6, 6.07) is 7.51. The van der Waals surface area contributed by atoms with Gasteiger partial charge in [-0.25, -0.2) is 0 Å². The van der Waals surface area contributed by atoms with Gasteiger partial charge in [0, 0.05) is 24.2 Å². The fraction of sp³-hybridized carbons (Fsp3) is 0.647. The van der Waals surface area contributed by atoms with Crippen LogP contribution in [0, 0.1) is 22.0 Å². The molecular weight excluding hydrogens is 264 g/mol. The second kappa shape index (κ2) is 7.55. The molecule has 0 saturated heterocycles. The van der Waals surface area contributed by atoms with E-state index < -0.39 is 0 Å². The molecule has 0 radical (unpaired) electrons. The summed E-state index contributed by atoms with van der Waals surface area (Å²) in [6.45, 7) is 5.21. The molecule has 2 rings (SSSR count). The van der Waals surface area contributed by atoms with Gasteiger partial charge in [-0.1, -0.05) is 44.9 Å². The molecule has 1 aromatic carbocycles. The molecule has 1 aliphatic carbocycles. The van der Waals surface area contributed by atoms with Crippen molar-refractivity contribution in [2.75, 3.05) is 0 Å².